The van der Waals surface area contributed by atoms with Crippen molar-refractivity contribution in [3.05, 3.63) is 59.3 Å². The Balaban J connectivity index is 1.54. The average Bonchev–Trinajstić information content (AvgIpc) is 2.67. The predicted molar refractivity (Wildman–Crippen MR) is 99.5 cm³/mol. The quantitative estimate of drug-likeness (QED) is 0.893. The molecule has 0 radical (unpaired) electrons. The molecule has 2 heterocycles. The highest BCUT2D eigenvalue weighted by atomic mass is 16.4. The number of hydrogen-bond donors (Lipinski definition) is 1. The molecule has 0 aliphatic carbocycles. The van der Waals surface area contributed by atoms with E-state index < -0.39 is 5.97 Å². The highest BCUT2D eigenvalue weighted by Crippen LogP contribution is 2.19. The van der Waals surface area contributed by atoms with E-state index in [-0.39, 0.29) is 11.5 Å². The number of carboxylic acid groups (broad SMARTS) is 1. The first-order valence-electron chi connectivity index (χ1n) is 8.81. The molecule has 1 N–H and O–H groups in total. The first-order chi connectivity index (χ1) is 12.5. The molecule has 3 rings (SSSR count). The summed E-state index contributed by atoms with van der Waals surface area (Å²) in [6.45, 7) is 4.40. The monoisotopic (exact) mass is 353 g/mol. The topological polar surface area (TPSA) is 73.7 Å². The van der Waals surface area contributed by atoms with E-state index in [0.29, 0.717) is 38.4 Å². The maximum absolute atomic E-state index is 12.5. The molecule has 1 aliphatic rings. The molecule has 1 amide bonds. The van der Waals surface area contributed by atoms with Crippen LogP contribution in [0.15, 0.2) is 42.6 Å². The fraction of sp³-hybridized carbons (Fsp3) is 0.350. The van der Waals surface area contributed by atoms with Gasteiger partial charge in [0.15, 0.2) is 0 Å². The van der Waals surface area contributed by atoms with E-state index >= 15 is 0 Å². The van der Waals surface area contributed by atoms with Crippen LogP contribution < -0.4 is 4.90 Å². The second-order valence-electron chi connectivity index (χ2n) is 6.53. The molecule has 26 heavy (non-hydrogen) atoms. The molecule has 0 bridgehead atoms. The van der Waals surface area contributed by atoms with Gasteiger partial charge in [-0.3, -0.25) is 4.79 Å². The van der Waals surface area contributed by atoms with E-state index in [1.165, 1.54) is 11.1 Å². The molecule has 0 unspecified atom stereocenters. The minimum atomic E-state index is -0.982. The smallest absolute Gasteiger partial charge is 0.339 e. The molecular weight excluding hydrogens is 330 g/mol. The normalized spacial score (nSPS) is 14.3. The maximum Gasteiger partial charge on any atom is 0.339 e. The average molecular weight is 353 g/mol. The van der Waals surface area contributed by atoms with Crippen molar-refractivity contribution in [1.82, 2.24) is 9.88 Å². The van der Waals surface area contributed by atoms with Crippen LogP contribution in [0.4, 0.5) is 5.82 Å². The Hall–Kier alpha value is -2.89. The lowest BCUT2D eigenvalue weighted by Gasteiger charge is -2.36. The van der Waals surface area contributed by atoms with Crippen molar-refractivity contribution in [2.45, 2.75) is 19.8 Å². The van der Waals surface area contributed by atoms with E-state index in [9.17, 15) is 14.7 Å². The summed E-state index contributed by atoms with van der Waals surface area (Å²) in [5, 5.41) is 9.30. The van der Waals surface area contributed by atoms with Gasteiger partial charge in [0.25, 0.3) is 0 Å². The summed E-state index contributed by atoms with van der Waals surface area (Å²) in [6, 6.07) is 11.4. The van der Waals surface area contributed by atoms with Gasteiger partial charge in [0.2, 0.25) is 5.91 Å². The van der Waals surface area contributed by atoms with Gasteiger partial charge in [-0.2, -0.15) is 0 Å². The van der Waals surface area contributed by atoms with Gasteiger partial charge in [-0.05, 0) is 31.0 Å². The van der Waals surface area contributed by atoms with Gasteiger partial charge in [0, 0.05) is 38.8 Å². The minimum absolute atomic E-state index is 0.143. The highest BCUT2D eigenvalue weighted by molar-refractivity contribution is 5.93. The lowest BCUT2D eigenvalue weighted by atomic mass is 10.1. The molecule has 1 aromatic heterocycles. The van der Waals surface area contributed by atoms with Crippen LogP contribution in [0.2, 0.25) is 0 Å². The van der Waals surface area contributed by atoms with Crippen LogP contribution in [0.3, 0.4) is 0 Å². The number of carbonyl (C=O) groups excluding carboxylic acids is 1. The molecular formula is C20H23N3O3. The summed E-state index contributed by atoms with van der Waals surface area (Å²) >= 11 is 0. The van der Waals surface area contributed by atoms with Gasteiger partial charge in [-0.25, -0.2) is 9.78 Å². The Morgan fingerprint density at radius 2 is 1.77 bits per heavy atom. The predicted octanol–water partition coefficient (Wildman–Crippen LogP) is 2.37. The molecule has 1 aromatic carbocycles. The summed E-state index contributed by atoms with van der Waals surface area (Å²) in [4.78, 5) is 31.8. The third-order valence-corrected chi connectivity index (χ3v) is 4.70. The van der Waals surface area contributed by atoms with Gasteiger partial charge in [-0.1, -0.05) is 29.8 Å². The van der Waals surface area contributed by atoms with Crippen LogP contribution in [0.5, 0.6) is 0 Å². The highest BCUT2D eigenvalue weighted by Gasteiger charge is 2.24. The molecule has 1 fully saturated rings. The fourth-order valence-corrected chi connectivity index (χ4v) is 3.15. The van der Waals surface area contributed by atoms with Crippen LogP contribution in [0, 0.1) is 6.92 Å². The molecule has 1 saturated heterocycles. The minimum Gasteiger partial charge on any atom is -0.478 e. The Labute approximate surface area is 153 Å². The van der Waals surface area contributed by atoms with Gasteiger partial charge < -0.3 is 14.9 Å². The standard InChI is InChI=1S/C20H23N3O3/c1-15-4-6-16(7-5-15)8-9-18(24)22-11-13-23(14-12-22)19-17(20(25)26)3-2-10-21-19/h2-7,10H,8-9,11-14H2,1H3,(H,25,26). The molecule has 0 atom stereocenters. The van der Waals surface area contributed by atoms with Crippen molar-refractivity contribution in [3.8, 4) is 0 Å². The Bertz CT molecular complexity index is 781. The van der Waals surface area contributed by atoms with Gasteiger partial charge >= 0.3 is 5.97 Å². The first-order valence-corrected chi connectivity index (χ1v) is 8.81. The number of piperazine rings is 1. The summed E-state index contributed by atoms with van der Waals surface area (Å²) < 4.78 is 0. The van der Waals surface area contributed by atoms with E-state index in [1.807, 2.05) is 16.7 Å². The number of aromatic carboxylic acids is 1. The summed E-state index contributed by atoms with van der Waals surface area (Å²) in [5.41, 5.74) is 2.58. The lowest BCUT2D eigenvalue weighted by Crippen LogP contribution is -2.49. The number of carboxylic acids is 1. The van der Waals surface area contributed by atoms with Gasteiger partial charge in [0.05, 0.1) is 0 Å². The fourth-order valence-electron chi connectivity index (χ4n) is 3.15. The zero-order valence-corrected chi connectivity index (χ0v) is 14.9. The number of nitrogens with zero attached hydrogens (tertiary/aromatic N) is 3. The van der Waals surface area contributed by atoms with E-state index in [2.05, 4.69) is 29.2 Å². The number of anilines is 1. The van der Waals surface area contributed by atoms with Crippen LogP contribution in [0.25, 0.3) is 0 Å². The van der Waals surface area contributed by atoms with Gasteiger partial charge in [0.1, 0.15) is 11.4 Å². The van der Waals surface area contributed by atoms with E-state index in [4.69, 9.17) is 0 Å². The number of benzene rings is 1. The maximum atomic E-state index is 12.5. The SMILES string of the molecule is Cc1ccc(CCC(=O)N2CCN(c3ncccc3C(=O)O)CC2)cc1. The second kappa shape index (κ2) is 7.99. The number of carbonyl (C=O) groups is 2. The van der Waals surface area contributed by atoms with Crippen molar-refractivity contribution >= 4 is 17.7 Å². The third-order valence-electron chi connectivity index (χ3n) is 4.70. The van der Waals surface area contributed by atoms with Gasteiger partial charge in [-0.15, -0.1) is 0 Å². The summed E-state index contributed by atoms with van der Waals surface area (Å²) in [7, 11) is 0. The third kappa shape index (κ3) is 4.20. The lowest BCUT2D eigenvalue weighted by molar-refractivity contribution is -0.131. The molecule has 6 nitrogen and oxygen atoms in total. The van der Waals surface area contributed by atoms with Crippen molar-refractivity contribution in [1.29, 1.82) is 0 Å². The number of pyridine rings is 1. The molecule has 2 aromatic rings. The number of rotatable bonds is 5. The number of amides is 1. The molecule has 1 aliphatic heterocycles. The largest absolute Gasteiger partial charge is 0.478 e. The Kier molecular flexibility index (Phi) is 5.51. The zero-order chi connectivity index (χ0) is 18.5. The Morgan fingerprint density at radius 1 is 1.08 bits per heavy atom. The van der Waals surface area contributed by atoms with Crippen LogP contribution in [-0.4, -0.2) is 53.0 Å². The zero-order valence-electron chi connectivity index (χ0n) is 14.9. The Morgan fingerprint density at radius 3 is 2.42 bits per heavy atom. The van der Waals surface area contributed by atoms with Crippen molar-refractivity contribution in [2.24, 2.45) is 0 Å². The summed E-state index contributed by atoms with van der Waals surface area (Å²) in [6.07, 6.45) is 2.83. The van der Waals surface area contributed by atoms with Crippen molar-refractivity contribution in [3.63, 3.8) is 0 Å². The number of hydrogen-bond acceptors (Lipinski definition) is 4. The van der Waals surface area contributed by atoms with Crippen LogP contribution in [-0.2, 0) is 11.2 Å². The van der Waals surface area contributed by atoms with E-state index in [0.717, 1.165) is 6.42 Å². The van der Waals surface area contributed by atoms with E-state index in [1.54, 1.807) is 18.3 Å². The second-order valence-corrected chi connectivity index (χ2v) is 6.53. The molecule has 0 spiro atoms. The summed E-state index contributed by atoms with van der Waals surface area (Å²) in [5.74, 6) is -0.360. The van der Waals surface area contributed by atoms with Crippen LogP contribution >= 0.6 is 0 Å². The molecule has 136 valence electrons. The number of aromatic nitrogens is 1. The van der Waals surface area contributed by atoms with Crippen molar-refractivity contribution < 1.29 is 14.7 Å². The first kappa shape index (κ1) is 17.9. The molecule has 6 heteroatoms. The van der Waals surface area contributed by atoms with Crippen LogP contribution in [0.1, 0.15) is 27.9 Å². The number of aryl methyl sites for hydroxylation is 2. The van der Waals surface area contributed by atoms with Crippen molar-refractivity contribution in [2.75, 3.05) is 31.1 Å². The molecule has 0 saturated carbocycles.